The minimum absolute atomic E-state index is 0.285. The number of nitrogens with zero attached hydrogens (tertiary/aromatic N) is 3. The lowest BCUT2D eigenvalue weighted by molar-refractivity contribution is 0.415. The SMILES string of the molecule is CC[C@@H](C)Nc1nc(Nc2cccc(OC)c2)cc(-c2ccncc2)n1. The van der Waals surface area contributed by atoms with Gasteiger partial charge in [0.2, 0.25) is 5.95 Å². The molecule has 26 heavy (non-hydrogen) atoms. The fourth-order valence-electron chi connectivity index (χ4n) is 2.42. The summed E-state index contributed by atoms with van der Waals surface area (Å²) in [6.07, 6.45) is 4.50. The van der Waals surface area contributed by atoms with Crippen LogP contribution < -0.4 is 15.4 Å². The van der Waals surface area contributed by atoms with Gasteiger partial charge in [-0.15, -0.1) is 0 Å². The van der Waals surface area contributed by atoms with Crippen LogP contribution in [0, 0.1) is 0 Å². The van der Waals surface area contributed by atoms with E-state index < -0.39 is 0 Å². The second-order valence-electron chi connectivity index (χ2n) is 6.01. The first-order valence-corrected chi connectivity index (χ1v) is 8.65. The van der Waals surface area contributed by atoms with Crippen LogP contribution in [0.2, 0.25) is 0 Å². The molecule has 0 aliphatic carbocycles. The van der Waals surface area contributed by atoms with Crippen LogP contribution in [-0.2, 0) is 0 Å². The summed E-state index contributed by atoms with van der Waals surface area (Å²) in [6.45, 7) is 4.23. The van der Waals surface area contributed by atoms with Crippen molar-refractivity contribution in [2.24, 2.45) is 0 Å². The fourth-order valence-corrected chi connectivity index (χ4v) is 2.42. The van der Waals surface area contributed by atoms with E-state index in [1.807, 2.05) is 42.5 Å². The minimum atomic E-state index is 0.285. The predicted molar refractivity (Wildman–Crippen MR) is 105 cm³/mol. The first kappa shape index (κ1) is 17.7. The smallest absolute Gasteiger partial charge is 0.225 e. The lowest BCUT2D eigenvalue weighted by atomic mass is 10.2. The quantitative estimate of drug-likeness (QED) is 0.654. The molecule has 2 heterocycles. The van der Waals surface area contributed by atoms with Crippen molar-refractivity contribution in [3.05, 3.63) is 54.9 Å². The molecule has 2 aromatic heterocycles. The van der Waals surface area contributed by atoms with Gasteiger partial charge in [0, 0.05) is 41.8 Å². The molecule has 0 aliphatic heterocycles. The lowest BCUT2D eigenvalue weighted by Crippen LogP contribution is -2.16. The summed E-state index contributed by atoms with van der Waals surface area (Å²) >= 11 is 0. The van der Waals surface area contributed by atoms with Crippen LogP contribution >= 0.6 is 0 Å². The number of nitrogens with one attached hydrogen (secondary N) is 2. The van der Waals surface area contributed by atoms with Crippen LogP contribution in [0.15, 0.2) is 54.9 Å². The standard InChI is InChI=1S/C20H23N5O/c1-4-14(2)22-20-24-18(15-8-10-21-11-9-15)13-19(25-20)23-16-6-5-7-17(12-16)26-3/h5-14H,4H2,1-3H3,(H2,22,23,24,25)/t14-/m1/s1. The number of hydrogen-bond donors (Lipinski definition) is 2. The highest BCUT2D eigenvalue weighted by molar-refractivity contribution is 5.67. The first-order chi connectivity index (χ1) is 12.7. The van der Waals surface area contributed by atoms with Crippen LogP contribution in [-0.4, -0.2) is 28.1 Å². The van der Waals surface area contributed by atoms with E-state index in [1.54, 1.807) is 19.5 Å². The molecule has 1 atom stereocenters. The molecule has 3 aromatic rings. The van der Waals surface area contributed by atoms with E-state index in [2.05, 4.69) is 39.4 Å². The molecule has 0 aliphatic rings. The molecular weight excluding hydrogens is 326 g/mol. The largest absolute Gasteiger partial charge is 0.497 e. The third kappa shape index (κ3) is 4.47. The minimum Gasteiger partial charge on any atom is -0.497 e. The molecule has 6 heteroatoms. The lowest BCUT2D eigenvalue weighted by Gasteiger charge is -2.15. The first-order valence-electron chi connectivity index (χ1n) is 8.65. The highest BCUT2D eigenvalue weighted by atomic mass is 16.5. The van der Waals surface area contributed by atoms with Gasteiger partial charge in [-0.2, -0.15) is 4.98 Å². The van der Waals surface area contributed by atoms with Crippen molar-refractivity contribution in [2.75, 3.05) is 17.7 Å². The topological polar surface area (TPSA) is 72.0 Å². The summed E-state index contributed by atoms with van der Waals surface area (Å²) in [6, 6.07) is 13.8. The van der Waals surface area contributed by atoms with E-state index in [0.717, 1.165) is 29.1 Å². The third-order valence-corrected chi connectivity index (χ3v) is 4.03. The van der Waals surface area contributed by atoms with Crippen molar-refractivity contribution in [2.45, 2.75) is 26.3 Å². The van der Waals surface area contributed by atoms with Gasteiger partial charge >= 0.3 is 0 Å². The number of ether oxygens (including phenoxy) is 1. The Kier molecular flexibility index (Phi) is 5.63. The van der Waals surface area contributed by atoms with Crippen molar-refractivity contribution in [3.63, 3.8) is 0 Å². The molecule has 0 fully saturated rings. The summed E-state index contributed by atoms with van der Waals surface area (Å²) in [7, 11) is 1.65. The van der Waals surface area contributed by atoms with Gasteiger partial charge in [-0.05, 0) is 37.6 Å². The van der Waals surface area contributed by atoms with E-state index in [4.69, 9.17) is 4.74 Å². The second-order valence-corrected chi connectivity index (χ2v) is 6.01. The molecule has 0 saturated heterocycles. The number of hydrogen-bond acceptors (Lipinski definition) is 6. The average Bonchev–Trinajstić information content (AvgIpc) is 2.68. The average molecular weight is 349 g/mol. The Bertz CT molecular complexity index is 854. The highest BCUT2D eigenvalue weighted by Gasteiger charge is 2.09. The third-order valence-electron chi connectivity index (χ3n) is 4.03. The summed E-state index contributed by atoms with van der Waals surface area (Å²) in [5.74, 6) is 2.10. The normalized spacial score (nSPS) is 11.7. The maximum Gasteiger partial charge on any atom is 0.225 e. The van der Waals surface area contributed by atoms with E-state index in [0.29, 0.717) is 11.8 Å². The second kappa shape index (κ2) is 8.29. The van der Waals surface area contributed by atoms with Gasteiger partial charge in [-0.3, -0.25) is 4.98 Å². The van der Waals surface area contributed by atoms with Crippen molar-refractivity contribution in [1.29, 1.82) is 0 Å². The fraction of sp³-hybridized carbons (Fsp3) is 0.250. The van der Waals surface area contributed by atoms with Gasteiger partial charge < -0.3 is 15.4 Å². The summed E-state index contributed by atoms with van der Waals surface area (Å²) in [5, 5.41) is 6.68. The Morgan fingerprint density at radius 3 is 2.62 bits per heavy atom. The maximum atomic E-state index is 5.28. The number of anilines is 3. The van der Waals surface area contributed by atoms with Gasteiger partial charge in [0.25, 0.3) is 0 Å². The summed E-state index contributed by atoms with van der Waals surface area (Å²) in [5.41, 5.74) is 2.72. The molecule has 0 bridgehead atoms. The van der Waals surface area contributed by atoms with Crippen molar-refractivity contribution in [1.82, 2.24) is 15.0 Å². The number of pyridine rings is 1. The Morgan fingerprint density at radius 1 is 1.08 bits per heavy atom. The van der Waals surface area contributed by atoms with Crippen LogP contribution in [0.3, 0.4) is 0 Å². The van der Waals surface area contributed by atoms with Crippen molar-refractivity contribution >= 4 is 17.5 Å². The zero-order valence-corrected chi connectivity index (χ0v) is 15.2. The summed E-state index contributed by atoms with van der Waals surface area (Å²) < 4.78 is 5.28. The van der Waals surface area contributed by atoms with Gasteiger partial charge in [0.1, 0.15) is 11.6 Å². The molecule has 2 N–H and O–H groups in total. The Labute approximate surface area is 153 Å². The Morgan fingerprint density at radius 2 is 1.88 bits per heavy atom. The molecule has 1 aromatic carbocycles. The molecule has 0 amide bonds. The maximum absolute atomic E-state index is 5.28. The Balaban J connectivity index is 1.96. The monoisotopic (exact) mass is 349 g/mol. The molecule has 0 unspecified atom stereocenters. The van der Waals surface area contributed by atoms with Crippen LogP contribution in [0.4, 0.5) is 17.5 Å². The van der Waals surface area contributed by atoms with Crippen molar-refractivity contribution < 1.29 is 4.74 Å². The number of rotatable bonds is 7. The van der Waals surface area contributed by atoms with Crippen molar-refractivity contribution in [3.8, 4) is 17.0 Å². The van der Waals surface area contributed by atoms with Gasteiger partial charge in [-0.25, -0.2) is 4.98 Å². The highest BCUT2D eigenvalue weighted by Crippen LogP contribution is 2.25. The van der Waals surface area contributed by atoms with Gasteiger partial charge in [0.05, 0.1) is 12.8 Å². The number of aromatic nitrogens is 3. The molecule has 0 radical (unpaired) electrons. The molecule has 3 rings (SSSR count). The van der Waals surface area contributed by atoms with E-state index in [9.17, 15) is 0 Å². The molecule has 134 valence electrons. The molecular formula is C20H23N5O. The van der Waals surface area contributed by atoms with Crippen LogP contribution in [0.25, 0.3) is 11.3 Å². The molecule has 6 nitrogen and oxygen atoms in total. The predicted octanol–water partition coefficient (Wildman–Crippen LogP) is 4.50. The van der Waals surface area contributed by atoms with E-state index >= 15 is 0 Å². The zero-order chi connectivity index (χ0) is 18.4. The molecule has 0 spiro atoms. The Hall–Kier alpha value is -3.15. The number of benzene rings is 1. The van der Waals surface area contributed by atoms with E-state index in [1.165, 1.54) is 0 Å². The van der Waals surface area contributed by atoms with Crippen LogP contribution in [0.5, 0.6) is 5.75 Å². The van der Waals surface area contributed by atoms with E-state index in [-0.39, 0.29) is 6.04 Å². The van der Waals surface area contributed by atoms with Crippen LogP contribution in [0.1, 0.15) is 20.3 Å². The van der Waals surface area contributed by atoms with Gasteiger partial charge in [-0.1, -0.05) is 13.0 Å². The molecule has 0 saturated carbocycles. The summed E-state index contributed by atoms with van der Waals surface area (Å²) in [4.78, 5) is 13.3. The number of methoxy groups -OCH3 is 1. The van der Waals surface area contributed by atoms with Gasteiger partial charge in [0.15, 0.2) is 0 Å². The zero-order valence-electron chi connectivity index (χ0n) is 15.2.